The van der Waals surface area contributed by atoms with Crippen LogP contribution in [0.25, 0.3) is 5.82 Å². The fraction of sp³-hybridized carbons (Fsp3) is 0.240. The SMILES string of the molecule is Cc1nc(Oc2ccc(NS(=O)(=O)c3ccc4c(c3)OCCCO4)cc2)cc(-n2cnc(C)c2C)n1. The number of fused-ring (bicyclic) bond motifs is 1. The molecule has 2 aromatic carbocycles. The molecule has 0 amide bonds. The summed E-state index contributed by atoms with van der Waals surface area (Å²) in [6.45, 7) is 6.69. The molecule has 36 heavy (non-hydrogen) atoms. The van der Waals surface area contributed by atoms with Crippen LogP contribution in [-0.2, 0) is 10.0 Å². The maximum atomic E-state index is 12.9. The van der Waals surface area contributed by atoms with E-state index in [1.165, 1.54) is 12.1 Å². The van der Waals surface area contributed by atoms with Crippen molar-refractivity contribution in [3.05, 3.63) is 72.1 Å². The van der Waals surface area contributed by atoms with Crippen molar-refractivity contribution in [2.75, 3.05) is 17.9 Å². The Morgan fingerprint density at radius 2 is 1.69 bits per heavy atom. The fourth-order valence-electron chi connectivity index (χ4n) is 3.67. The highest BCUT2D eigenvalue weighted by atomic mass is 32.2. The van der Waals surface area contributed by atoms with Crippen molar-refractivity contribution in [2.24, 2.45) is 0 Å². The van der Waals surface area contributed by atoms with Crippen LogP contribution in [0.5, 0.6) is 23.1 Å². The summed E-state index contributed by atoms with van der Waals surface area (Å²) in [7, 11) is -3.83. The smallest absolute Gasteiger partial charge is 0.262 e. The molecular formula is C25H25N5O5S. The van der Waals surface area contributed by atoms with Gasteiger partial charge in [-0.05, 0) is 57.2 Å². The molecule has 5 rings (SSSR count). The third-order valence-electron chi connectivity index (χ3n) is 5.66. The summed E-state index contributed by atoms with van der Waals surface area (Å²) in [4.78, 5) is 13.2. The topological polar surface area (TPSA) is 117 Å². The summed E-state index contributed by atoms with van der Waals surface area (Å²) < 4.78 is 47.4. The van der Waals surface area contributed by atoms with Gasteiger partial charge in [-0.1, -0.05) is 0 Å². The molecule has 0 aliphatic carbocycles. The van der Waals surface area contributed by atoms with E-state index in [2.05, 4.69) is 19.7 Å². The van der Waals surface area contributed by atoms with Gasteiger partial charge in [0.25, 0.3) is 10.0 Å². The van der Waals surface area contributed by atoms with E-state index in [0.29, 0.717) is 53.7 Å². The van der Waals surface area contributed by atoms with Crippen molar-refractivity contribution in [2.45, 2.75) is 32.1 Å². The Balaban J connectivity index is 1.31. The normalized spacial score (nSPS) is 13.2. The van der Waals surface area contributed by atoms with E-state index in [9.17, 15) is 8.42 Å². The predicted molar refractivity (Wildman–Crippen MR) is 133 cm³/mol. The lowest BCUT2D eigenvalue weighted by Crippen LogP contribution is -2.13. The summed E-state index contributed by atoms with van der Waals surface area (Å²) in [5.41, 5.74) is 2.28. The molecule has 0 saturated heterocycles. The van der Waals surface area contributed by atoms with Crippen molar-refractivity contribution >= 4 is 15.7 Å². The first-order valence-corrected chi connectivity index (χ1v) is 12.8. The zero-order valence-corrected chi connectivity index (χ0v) is 20.9. The lowest BCUT2D eigenvalue weighted by Gasteiger charge is -2.12. The molecule has 0 unspecified atom stereocenters. The summed E-state index contributed by atoms with van der Waals surface area (Å²) in [5.74, 6) is 3.01. The molecule has 1 aliphatic heterocycles. The number of sulfonamides is 1. The molecule has 3 heterocycles. The van der Waals surface area contributed by atoms with Gasteiger partial charge in [0.1, 0.15) is 23.7 Å². The minimum atomic E-state index is -3.83. The molecule has 0 saturated carbocycles. The van der Waals surface area contributed by atoms with Crippen LogP contribution in [0.15, 0.2) is 59.8 Å². The second kappa shape index (κ2) is 9.50. The summed E-state index contributed by atoms with van der Waals surface area (Å²) in [6, 6.07) is 12.9. The molecule has 0 fully saturated rings. The van der Waals surface area contributed by atoms with Gasteiger partial charge in [-0.25, -0.2) is 18.4 Å². The van der Waals surface area contributed by atoms with Gasteiger partial charge < -0.3 is 14.2 Å². The van der Waals surface area contributed by atoms with E-state index in [1.807, 2.05) is 18.4 Å². The molecule has 0 bridgehead atoms. The maximum absolute atomic E-state index is 12.9. The quantitative estimate of drug-likeness (QED) is 0.410. The second-order valence-electron chi connectivity index (χ2n) is 8.29. The van der Waals surface area contributed by atoms with E-state index in [-0.39, 0.29) is 4.90 Å². The molecule has 2 aromatic heterocycles. The summed E-state index contributed by atoms with van der Waals surface area (Å²) in [5, 5.41) is 0. The van der Waals surface area contributed by atoms with Crippen LogP contribution >= 0.6 is 0 Å². The Morgan fingerprint density at radius 3 is 2.42 bits per heavy atom. The summed E-state index contributed by atoms with van der Waals surface area (Å²) >= 11 is 0. The van der Waals surface area contributed by atoms with Gasteiger partial charge in [0, 0.05) is 29.9 Å². The first-order valence-electron chi connectivity index (χ1n) is 11.4. The van der Waals surface area contributed by atoms with Crippen molar-refractivity contribution in [3.8, 4) is 28.9 Å². The minimum absolute atomic E-state index is 0.0844. The van der Waals surface area contributed by atoms with Crippen LogP contribution in [0.4, 0.5) is 5.69 Å². The standard InChI is InChI=1S/C25H25N5O5S/c1-16-17(2)30(15-26-16)24-14-25(28-18(3)27-24)35-20-7-5-19(6-8-20)29-36(31,32)21-9-10-22-23(13-21)34-12-4-11-33-22/h5-10,13-15,29H,4,11-12H2,1-3H3. The average molecular weight is 508 g/mol. The number of hydrogen-bond donors (Lipinski definition) is 1. The lowest BCUT2D eigenvalue weighted by atomic mass is 10.3. The molecule has 1 N–H and O–H groups in total. The number of imidazole rings is 1. The number of nitrogens with zero attached hydrogens (tertiary/aromatic N) is 4. The molecule has 0 atom stereocenters. The zero-order valence-electron chi connectivity index (χ0n) is 20.1. The molecular weight excluding hydrogens is 482 g/mol. The minimum Gasteiger partial charge on any atom is -0.490 e. The van der Waals surface area contributed by atoms with Gasteiger partial charge in [-0.3, -0.25) is 9.29 Å². The number of nitrogens with one attached hydrogen (secondary N) is 1. The first kappa shape index (κ1) is 23.6. The lowest BCUT2D eigenvalue weighted by molar-refractivity contribution is 0.297. The Kier molecular flexibility index (Phi) is 6.23. The van der Waals surface area contributed by atoms with Crippen molar-refractivity contribution in [3.63, 3.8) is 0 Å². The Hall–Kier alpha value is -4.12. The number of rotatable bonds is 6. The van der Waals surface area contributed by atoms with E-state index < -0.39 is 10.0 Å². The van der Waals surface area contributed by atoms with Crippen LogP contribution in [0.1, 0.15) is 23.6 Å². The zero-order chi connectivity index (χ0) is 25.3. The monoisotopic (exact) mass is 507 g/mol. The first-order chi connectivity index (χ1) is 17.3. The molecule has 11 heteroatoms. The van der Waals surface area contributed by atoms with Crippen LogP contribution in [0, 0.1) is 20.8 Å². The highest BCUT2D eigenvalue weighted by molar-refractivity contribution is 7.92. The number of aryl methyl sites for hydroxylation is 2. The number of benzene rings is 2. The van der Waals surface area contributed by atoms with Crippen LogP contribution in [-0.4, -0.2) is 41.2 Å². The molecule has 186 valence electrons. The third kappa shape index (κ3) is 4.96. The summed E-state index contributed by atoms with van der Waals surface area (Å²) in [6.07, 6.45) is 2.45. The number of aromatic nitrogens is 4. The van der Waals surface area contributed by atoms with E-state index in [4.69, 9.17) is 14.2 Å². The predicted octanol–water partition coefficient (Wildman–Crippen LogP) is 4.34. The van der Waals surface area contributed by atoms with Gasteiger partial charge in [0.15, 0.2) is 11.5 Å². The van der Waals surface area contributed by atoms with Crippen LogP contribution in [0.3, 0.4) is 0 Å². The number of anilines is 1. The van der Waals surface area contributed by atoms with Crippen molar-refractivity contribution in [1.29, 1.82) is 0 Å². The third-order valence-corrected chi connectivity index (χ3v) is 7.04. The van der Waals surface area contributed by atoms with E-state index >= 15 is 0 Å². The Labute approximate surface area is 209 Å². The average Bonchev–Trinajstić information content (AvgIpc) is 3.03. The second-order valence-corrected chi connectivity index (χ2v) is 9.97. The highest BCUT2D eigenvalue weighted by Crippen LogP contribution is 2.33. The molecule has 10 nitrogen and oxygen atoms in total. The van der Waals surface area contributed by atoms with E-state index in [0.717, 1.165) is 17.8 Å². The molecule has 1 aliphatic rings. The maximum Gasteiger partial charge on any atom is 0.262 e. The van der Waals surface area contributed by atoms with Gasteiger partial charge in [-0.2, -0.15) is 4.98 Å². The van der Waals surface area contributed by atoms with E-state index in [1.54, 1.807) is 49.6 Å². The van der Waals surface area contributed by atoms with Crippen molar-refractivity contribution < 1.29 is 22.6 Å². The number of ether oxygens (including phenoxy) is 3. The van der Waals surface area contributed by atoms with Crippen LogP contribution in [0.2, 0.25) is 0 Å². The highest BCUT2D eigenvalue weighted by Gasteiger charge is 2.19. The van der Waals surface area contributed by atoms with Gasteiger partial charge in [0.2, 0.25) is 5.88 Å². The largest absolute Gasteiger partial charge is 0.490 e. The van der Waals surface area contributed by atoms with Gasteiger partial charge in [0.05, 0.1) is 23.8 Å². The molecule has 4 aromatic rings. The molecule has 0 spiro atoms. The fourth-order valence-corrected chi connectivity index (χ4v) is 4.74. The Bertz CT molecular complexity index is 1520. The van der Waals surface area contributed by atoms with Crippen LogP contribution < -0.4 is 18.9 Å². The van der Waals surface area contributed by atoms with Gasteiger partial charge in [-0.15, -0.1) is 0 Å². The molecule has 0 radical (unpaired) electrons. The number of hydrogen-bond acceptors (Lipinski definition) is 8. The van der Waals surface area contributed by atoms with Gasteiger partial charge >= 0.3 is 0 Å². The Morgan fingerprint density at radius 1 is 0.944 bits per heavy atom. The van der Waals surface area contributed by atoms with Crippen molar-refractivity contribution in [1.82, 2.24) is 19.5 Å².